The fourth-order valence-corrected chi connectivity index (χ4v) is 4.15. The molecule has 5 rings (SSSR count). The van der Waals surface area contributed by atoms with Crippen molar-refractivity contribution >= 4 is 51.2 Å². The van der Waals surface area contributed by atoms with Crippen molar-refractivity contribution in [1.29, 1.82) is 5.26 Å². The molecule has 13 heteroatoms. The average Bonchev–Trinajstić information content (AvgIpc) is 3.40. The molecular weight excluding hydrogens is 511 g/mol. The maximum Gasteiger partial charge on any atom is 0.249 e. The van der Waals surface area contributed by atoms with E-state index in [1.165, 1.54) is 12.4 Å². The molecule has 0 saturated heterocycles. The molecule has 180 valence electrons. The molecular formula is C23H15Cl2F2N9. The lowest BCUT2D eigenvalue weighted by Gasteiger charge is -2.22. The van der Waals surface area contributed by atoms with Gasteiger partial charge >= 0.3 is 0 Å². The first-order valence-corrected chi connectivity index (χ1v) is 11.1. The second-order valence-corrected chi connectivity index (χ2v) is 8.49. The fourth-order valence-electron chi connectivity index (χ4n) is 3.70. The van der Waals surface area contributed by atoms with E-state index in [0.29, 0.717) is 32.3 Å². The van der Waals surface area contributed by atoms with Crippen LogP contribution in [0.15, 0.2) is 60.9 Å². The molecule has 9 nitrogen and oxygen atoms in total. The monoisotopic (exact) mass is 525 g/mol. The van der Waals surface area contributed by atoms with Crippen molar-refractivity contribution in [2.75, 3.05) is 10.6 Å². The minimum Gasteiger partial charge on any atom is -0.373 e. The van der Waals surface area contributed by atoms with Crippen molar-refractivity contribution in [3.05, 3.63) is 93.9 Å². The summed E-state index contributed by atoms with van der Waals surface area (Å²) < 4.78 is 27.1. The predicted molar refractivity (Wildman–Crippen MR) is 132 cm³/mol. The number of aromatic nitrogens is 3. The van der Waals surface area contributed by atoms with E-state index in [-0.39, 0.29) is 11.3 Å². The minimum atomic E-state index is -1.23. The summed E-state index contributed by atoms with van der Waals surface area (Å²) in [7, 11) is 0. The van der Waals surface area contributed by atoms with Gasteiger partial charge in [-0.2, -0.15) is 15.2 Å². The number of rotatable bonds is 6. The molecule has 0 radical (unpaired) electrons. The van der Waals surface area contributed by atoms with Gasteiger partial charge in [-0.05, 0) is 18.2 Å². The first-order valence-electron chi connectivity index (χ1n) is 10.4. The largest absolute Gasteiger partial charge is 0.373 e. The first kappa shape index (κ1) is 23.5. The number of pyridine rings is 3. The molecule has 0 fully saturated rings. The smallest absolute Gasteiger partial charge is 0.249 e. The number of nitriles is 1. The van der Waals surface area contributed by atoms with Gasteiger partial charge in [0.2, 0.25) is 5.95 Å². The maximum absolute atomic E-state index is 13.8. The van der Waals surface area contributed by atoms with Crippen molar-refractivity contribution < 1.29 is 8.78 Å². The molecule has 5 N–H and O–H groups in total. The Hall–Kier alpha value is -4.24. The number of benzene rings is 1. The molecule has 0 aliphatic carbocycles. The summed E-state index contributed by atoms with van der Waals surface area (Å²) in [5.74, 6) is -2.36. The van der Waals surface area contributed by atoms with E-state index < -0.39 is 17.8 Å². The van der Waals surface area contributed by atoms with E-state index in [0.717, 1.165) is 23.5 Å². The zero-order valence-electron chi connectivity index (χ0n) is 18.1. The van der Waals surface area contributed by atoms with Crippen LogP contribution in [-0.2, 0) is 0 Å². The van der Waals surface area contributed by atoms with Gasteiger partial charge in [0.15, 0.2) is 5.82 Å². The Kier molecular flexibility index (Phi) is 6.39. The molecule has 1 aromatic carbocycles. The van der Waals surface area contributed by atoms with Gasteiger partial charge in [-0.25, -0.2) is 9.37 Å². The quantitative estimate of drug-likeness (QED) is 0.225. The van der Waals surface area contributed by atoms with Crippen LogP contribution in [0.1, 0.15) is 17.2 Å². The van der Waals surface area contributed by atoms with Gasteiger partial charge < -0.3 is 21.5 Å². The third kappa shape index (κ3) is 4.65. The number of nitrogens with one attached hydrogen (secondary N) is 5. The second-order valence-electron chi connectivity index (χ2n) is 7.64. The van der Waals surface area contributed by atoms with Gasteiger partial charge in [-0.1, -0.05) is 23.2 Å². The van der Waals surface area contributed by atoms with Crippen LogP contribution in [0.3, 0.4) is 0 Å². The number of hydrazine groups is 2. The summed E-state index contributed by atoms with van der Waals surface area (Å²) >= 11 is 12.7. The van der Waals surface area contributed by atoms with Gasteiger partial charge in [-0.3, -0.25) is 9.97 Å². The van der Waals surface area contributed by atoms with E-state index in [2.05, 4.69) is 48.0 Å². The summed E-state index contributed by atoms with van der Waals surface area (Å²) in [5.41, 5.74) is 11.8. The highest BCUT2D eigenvalue weighted by Crippen LogP contribution is 2.36. The molecule has 4 heterocycles. The number of hydrogen-bond acceptors (Lipinski definition) is 9. The van der Waals surface area contributed by atoms with Crippen LogP contribution in [-0.4, -0.2) is 15.0 Å². The number of halogens is 4. The van der Waals surface area contributed by atoms with E-state index in [1.54, 1.807) is 30.6 Å². The Balaban J connectivity index is 1.60. The van der Waals surface area contributed by atoms with Crippen LogP contribution in [0.4, 0.5) is 25.8 Å². The predicted octanol–water partition coefficient (Wildman–Crippen LogP) is 4.83. The summed E-state index contributed by atoms with van der Waals surface area (Å²) in [6.07, 6.45) is 7.41. The van der Waals surface area contributed by atoms with E-state index in [4.69, 9.17) is 23.2 Å². The number of fused-ring (bicyclic) bond motifs is 1. The van der Waals surface area contributed by atoms with Gasteiger partial charge in [0.05, 0.1) is 50.4 Å². The molecule has 0 bridgehead atoms. The van der Waals surface area contributed by atoms with E-state index in [1.807, 2.05) is 0 Å². The van der Waals surface area contributed by atoms with Crippen LogP contribution in [0, 0.1) is 23.1 Å². The van der Waals surface area contributed by atoms with Crippen LogP contribution in [0.25, 0.3) is 10.9 Å². The average molecular weight is 526 g/mol. The molecule has 3 aromatic heterocycles. The highest BCUT2D eigenvalue weighted by Gasteiger charge is 2.22. The van der Waals surface area contributed by atoms with Crippen molar-refractivity contribution in [2.45, 2.75) is 6.04 Å². The lowest BCUT2D eigenvalue weighted by molar-refractivity contribution is 0.480. The topological polar surface area (TPSA) is 123 Å². The van der Waals surface area contributed by atoms with Crippen LogP contribution in [0.2, 0.25) is 10.0 Å². The number of anilines is 3. The SMILES string of the molecule is N#Cc1cnc2c(Cl)cc(N[C@H](C3=CNNN3)c3cncc(Cl)c3)cc2c1Nc1cnc(F)c(F)c1. The van der Waals surface area contributed by atoms with E-state index >= 15 is 0 Å². The van der Waals surface area contributed by atoms with Crippen molar-refractivity contribution in [2.24, 2.45) is 0 Å². The molecule has 0 spiro atoms. The third-order valence-electron chi connectivity index (χ3n) is 5.30. The lowest BCUT2D eigenvalue weighted by atomic mass is 10.0. The zero-order chi connectivity index (χ0) is 25.2. The molecule has 4 aromatic rings. The number of nitrogens with zero attached hydrogens (tertiary/aromatic N) is 4. The van der Waals surface area contributed by atoms with Gasteiger partial charge in [0.1, 0.15) is 6.07 Å². The van der Waals surface area contributed by atoms with Crippen molar-refractivity contribution in [1.82, 2.24) is 31.3 Å². The molecule has 1 aliphatic rings. The molecule has 36 heavy (non-hydrogen) atoms. The lowest BCUT2D eigenvalue weighted by Crippen LogP contribution is -2.33. The summed E-state index contributed by atoms with van der Waals surface area (Å²) in [6.45, 7) is 0. The first-order chi connectivity index (χ1) is 17.4. The van der Waals surface area contributed by atoms with Gasteiger partial charge in [0, 0.05) is 47.5 Å². The van der Waals surface area contributed by atoms with Crippen LogP contribution in [0.5, 0.6) is 0 Å². The zero-order valence-corrected chi connectivity index (χ0v) is 19.6. The van der Waals surface area contributed by atoms with E-state index in [9.17, 15) is 14.0 Å². The number of hydrogen-bond donors (Lipinski definition) is 5. The van der Waals surface area contributed by atoms with Crippen molar-refractivity contribution in [3.8, 4) is 6.07 Å². The van der Waals surface area contributed by atoms with Crippen LogP contribution < -0.4 is 27.0 Å². The van der Waals surface area contributed by atoms with Gasteiger partial charge in [0.25, 0.3) is 0 Å². The summed E-state index contributed by atoms with van der Waals surface area (Å²) in [5, 5.41) is 17.3. The maximum atomic E-state index is 13.8. The Morgan fingerprint density at radius 2 is 1.86 bits per heavy atom. The summed E-state index contributed by atoms with van der Waals surface area (Å²) in [4.78, 5) is 11.9. The second kappa shape index (κ2) is 9.79. The Bertz CT molecular complexity index is 1560. The van der Waals surface area contributed by atoms with Crippen LogP contribution >= 0.6 is 23.2 Å². The normalized spacial score (nSPS) is 13.4. The van der Waals surface area contributed by atoms with Gasteiger partial charge in [-0.15, -0.1) is 0 Å². The highest BCUT2D eigenvalue weighted by molar-refractivity contribution is 6.36. The molecule has 1 atom stereocenters. The Morgan fingerprint density at radius 1 is 1.00 bits per heavy atom. The standard InChI is InChI=1S/C23H15Cl2F2N9/c24-13-1-11(6-29-8-13)21(19-10-32-36-35-19)33-14-2-16-20(34-15-4-18(26)23(27)31-9-15)12(5-28)7-30-22(16)17(25)3-14/h1-4,6-10,21,32-33,35-36H,(H,30,34)/t21-/m0/s1. The highest BCUT2D eigenvalue weighted by atomic mass is 35.5. The molecule has 0 amide bonds. The third-order valence-corrected chi connectivity index (χ3v) is 5.79. The molecule has 1 aliphatic heterocycles. The molecule has 0 unspecified atom stereocenters. The fraction of sp³-hybridized carbons (Fsp3) is 0.0435. The molecule has 0 saturated carbocycles. The summed E-state index contributed by atoms with van der Waals surface area (Å²) in [6, 6.07) is 7.78. The van der Waals surface area contributed by atoms with Crippen molar-refractivity contribution in [3.63, 3.8) is 0 Å². The Morgan fingerprint density at radius 3 is 2.58 bits per heavy atom. The Labute approximate surface area is 213 Å². The minimum absolute atomic E-state index is 0.146.